The lowest BCUT2D eigenvalue weighted by atomic mass is 10.3. The summed E-state index contributed by atoms with van der Waals surface area (Å²) in [6.45, 7) is 3.77. The number of hydrogen-bond acceptors (Lipinski definition) is 6. The zero-order chi connectivity index (χ0) is 12.1. The van der Waals surface area contributed by atoms with Gasteiger partial charge in [-0.2, -0.15) is 4.80 Å². The van der Waals surface area contributed by atoms with E-state index in [1.54, 1.807) is 0 Å². The predicted molar refractivity (Wildman–Crippen MR) is 52.9 cm³/mol. The zero-order valence-corrected chi connectivity index (χ0v) is 8.97. The quantitative estimate of drug-likeness (QED) is 0.531. The van der Waals surface area contributed by atoms with Crippen molar-refractivity contribution in [2.45, 2.75) is 6.54 Å². The van der Waals surface area contributed by atoms with E-state index in [9.17, 15) is 9.59 Å². The third kappa shape index (κ3) is 2.25. The van der Waals surface area contributed by atoms with E-state index < -0.39 is 11.9 Å². The average Bonchev–Trinajstić information content (AvgIpc) is 2.71. The Morgan fingerprint density at radius 2 is 1.69 bits per heavy atom. The molecule has 0 amide bonds. The molecule has 1 aromatic rings. The van der Waals surface area contributed by atoms with Crippen molar-refractivity contribution in [1.82, 2.24) is 15.0 Å². The van der Waals surface area contributed by atoms with Gasteiger partial charge in [0.25, 0.3) is 0 Å². The van der Waals surface area contributed by atoms with Gasteiger partial charge >= 0.3 is 11.9 Å². The molecular formula is C9H11N3O4. The van der Waals surface area contributed by atoms with Crippen LogP contribution < -0.4 is 0 Å². The van der Waals surface area contributed by atoms with E-state index in [0.717, 1.165) is 4.80 Å². The molecule has 0 aromatic carbocycles. The number of methoxy groups -OCH3 is 2. The van der Waals surface area contributed by atoms with E-state index in [4.69, 9.17) is 0 Å². The van der Waals surface area contributed by atoms with Crippen LogP contribution in [-0.4, -0.2) is 41.2 Å². The first-order valence-electron chi connectivity index (χ1n) is 4.36. The molecule has 0 fully saturated rings. The number of nitrogens with zero attached hydrogens (tertiary/aromatic N) is 3. The molecule has 1 aromatic heterocycles. The first-order chi connectivity index (χ1) is 7.63. The van der Waals surface area contributed by atoms with Crippen LogP contribution in [0.4, 0.5) is 0 Å². The third-order valence-electron chi connectivity index (χ3n) is 1.71. The van der Waals surface area contributed by atoms with Gasteiger partial charge in [0.2, 0.25) is 11.4 Å². The second-order valence-corrected chi connectivity index (χ2v) is 2.72. The Morgan fingerprint density at radius 1 is 1.25 bits per heavy atom. The number of rotatable bonds is 4. The molecule has 86 valence electrons. The standard InChI is InChI=1S/C9H11N3O4/c1-4-5-12-10-6(8(13)15-2)7(11-12)9(14)16-3/h4H,1,5H2,2-3H3. The number of hydrogen-bond donors (Lipinski definition) is 0. The van der Waals surface area contributed by atoms with E-state index in [1.807, 2.05) is 0 Å². The van der Waals surface area contributed by atoms with E-state index in [0.29, 0.717) is 0 Å². The Hall–Kier alpha value is -2.18. The van der Waals surface area contributed by atoms with Crippen molar-refractivity contribution in [1.29, 1.82) is 0 Å². The first-order valence-corrected chi connectivity index (χ1v) is 4.36. The van der Waals surface area contributed by atoms with Crippen molar-refractivity contribution in [2.75, 3.05) is 14.2 Å². The van der Waals surface area contributed by atoms with E-state index in [-0.39, 0.29) is 17.9 Å². The highest BCUT2D eigenvalue weighted by molar-refractivity contribution is 6.00. The molecule has 7 heteroatoms. The molecule has 1 rings (SSSR count). The van der Waals surface area contributed by atoms with E-state index in [2.05, 4.69) is 26.3 Å². The van der Waals surface area contributed by atoms with Crippen LogP contribution in [0.1, 0.15) is 21.0 Å². The van der Waals surface area contributed by atoms with Crippen LogP contribution in [0, 0.1) is 0 Å². The van der Waals surface area contributed by atoms with Crippen LogP contribution >= 0.6 is 0 Å². The second-order valence-electron chi connectivity index (χ2n) is 2.72. The number of carbonyl (C=O) groups is 2. The lowest BCUT2D eigenvalue weighted by Gasteiger charge is -1.95. The molecule has 0 N–H and O–H groups in total. The summed E-state index contributed by atoms with van der Waals surface area (Å²) in [6.07, 6.45) is 1.53. The van der Waals surface area contributed by atoms with Gasteiger partial charge in [0, 0.05) is 0 Å². The highest BCUT2D eigenvalue weighted by Gasteiger charge is 2.25. The maximum absolute atomic E-state index is 11.3. The maximum Gasteiger partial charge on any atom is 0.361 e. The van der Waals surface area contributed by atoms with Crippen molar-refractivity contribution in [3.63, 3.8) is 0 Å². The van der Waals surface area contributed by atoms with Gasteiger partial charge in [0.05, 0.1) is 20.8 Å². The van der Waals surface area contributed by atoms with Crippen molar-refractivity contribution >= 4 is 11.9 Å². The summed E-state index contributed by atoms with van der Waals surface area (Å²) >= 11 is 0. The number of aromatic nitrogens is 3. The minimum atomic E-state index is -0.740. The van der Waals surface area contributed by atoms with Crippen molar-refractivity contribution in [2.24, 2.45) is 0 Å². The zero-order valence-electron chi connectivity index (χ0n) is 8.97. The van der Waals surface area contributed by atoms with Gasteiger partial charge in [-0.3, -0.25) is 0 Å². The Labute approximate surface area is 91.6 Å². The van der Waals surface area contributed by atoms with Gasteiger partial charge in [0.15, 0.2) is 0 Å². The lowest BCUT2D eigenvalue weighted by Crippen LogP contribution is -2.11. The van der Waals surface area contributed by atoms with E-state index >= 15 is 0 Å². The van der Waals surface area contributed by atoms with Crippen LogP contribution in [0.15, 0.2) is 12.7 Å². The van der Waals surface area contributed by atoms with Crippen molar-refractivity contribution in [3.05, 3.63) is 24.0 Å². The van der Waals surface area contributed by atoms with Crippen LogP contribution in [0.2, 0.25) is 0 Å². The molecule has 0 aliphatic rings. The molecule has 1 heterocycles. The Bertz CT molecular complexity index is 391. The molecule has 0 aliphatic carbocycles. The summed E-state index contributed by atoms with van der Waals surface area (Å²) in [7, 11) is 2.38. The summed E-state index contributed by atoms with van der Waals surface area (Å²) in [6, 6.07) is 0. The fourth-order valence-electron chi connectivity index (χ4n) is 1.01. The molecule has 0 spiro atoms. The maximum atomic E-state index is 11.3. The number of allylic oxidation sites excluding steroid dienone is 1. The van der Waals surface area contributed by atoms with Gasteiger partial charge < -0.3 is 9.47 Å². The van der Waals surface area contributed by atoms with Crippen molar-refractivity contribution < 1.29 is 19.1 Å². The summed E-state index contributed by atoms with van der Waals surface area (Å²) in [5.41, 5.74) is -0.340. The number of carbonyl (C=O) groups excluding carboxylic acids is 2. The average molecular weight is 225 g/mol. The van der Waals surface area contributed by atoms with Crippen LogP contribution in [0.3, 0.4) is 0 Å². The fraction of sp³-hybridized carbons (Fsp3) is 0.333. The van der Waals surface area contributed by atoms with Gasteiger partial charge in [-0.1, -0.05) is 6.08 Å². The van der Waals surface area contributed by atoms with Gasteiger partial charge in [0.1, 0.15) is 0 Å². The monoisotopic (exact) mass is 225 g/mol. The number of ether oxygens (including phenoxy) is 2. The number of esters is 2. The lowest BCUT2D eigenvalue weighted by molar-refractivity contribution is 0.0548. The highest BCUT2D eigenvalue weighted by Crippen LogP contribution is 2.06. The van der Waals surface area contributed by atoms with Gasteiger partial charge in [-0.25, -0.2) is 9.59 Å². The normalized spacial score (nSPS) is 9.62. The predicted octanol–water partition coefficient (Wildman–Crippen LogP) is 0.0373. The Balaban J connectivity index is 3.16. The molecule has 0 saturated heterocycles. The van der Waals surface area contributed by atoms with Gasteiger partial charge in [-0.15, -0.1) is 16.8 Å². The second kappa shape index (κ2) is 5.06. The summed E-state index contributed by atoms with van der Waals surface area (Å²) < 4.78 is 8.95. The Kier molecular flexibility index (Phi) is 3.76. The van der Waals surface area contributed by atoms with Crippen LogP contribution in [0.5, 0.6) is 0 Å². The topological polar surface area (TPSA) is 83.3 Å². The molecule has 7 nitrogen and oxygen atoms in total. The molecule has 0 aliphatic heterocycles. The molecule has 0 bridgehead atoms. The smallest absolute Gasteiger partial charge is 0.361 e. The van der Waals surface area contributed by atoms with Crippen LogP contribution in [0.25, 0.3) is 0 Å². The van der Waals surface area contributed by atoms with E-state index in [1.165, 1.54) is 20.3 Å². The Morgan fingerprint density at radius 3 is 2.00 bits per heavy atom. The SMILES string of the molecule is C=CCn1nc(C(=O)OC)c(C(=O)OC)n1. The molecule has 0 unspecified atom stereocenters. The highest BCUT2D eigenvalue weighted by atomic mass is 16.5. The largest absolute Gasteiger partial charge is 0.464 e. The fourth-order valence-corrected chi connectivity index (χ4v) is 1.01. The first kappa shape index (κ1) is 11.9. The molecular weight excluding hydrogens is 214 g/mol. The summed E-state index contributed by atoms with van der Waals surface area (Å²) in [4.78, 5) is 23.8. The minimum absolute atomic E-state index is 0.170. The molecule has 0 radical (unpaired) electrons. The molecule has 0 saturated carbocycles. The van der Waals surface area contributed by atoms with Crippen molar-refractivity contribution in [3.8, 4) is 0 Å². The molecule has 16 heavy (non-hydrogen) atoms. The minimum Gasteiger partial charge on any atom is -0.464 e. The summed E-state index contributed by atoms with van der Waals surface area (Å²) in [5, 5.41) is 7.60. The van der Waals surface area contributed by atoms with Crippen LogP contribution in [-0.2, 0) is 16.0 Å². The van der Waals surface area contributed by atoms with Gasteiger partial charge in [-0.05, 0) is 0 Å². The summed E-state index contributed by atoms with van der Waals surface area (Å²) in [5.74, 6) is -1.48. The third-order valence-corrected chi connectivity index (χ3v) is 1.71. The molecule has 0 atom stereocenters.